The minimum Gasteiger partial charge on any atom is -0.367 e. The Morgan fingerprint density at radius 2 is 1.88 bits per heavy atom. The number of aromatic nitrogens is 1. The van der Waals surface area contributed by atoms with Gasteiger partial charge < -0.3 is 16.0 Å². The van der Waals surface area contributed by atoms with Crippen LogP contribution in [0.25, 0.3) is 0 Å². The summed E-state index contributed by atoms with van der Waals surface area (Å²) in [4.78, 5) is 18.0. The topological polar surface area (TPSA) is 105 Å². The summed E-state index contributed by atoms with van der Waals surface area (Å²) >= 11 is 0. The molecule has 0 bridgehead atoms. The highest BCUT2D eigenvalue weighted by atomic mass is 32.2. The van der Waals surface area contributed by atoms with Gasteiger partial charge in [0.25, 0.3) is 0 Å². The monoisotopic (exact) mass is 374 g/mol. The number of amides is 1. The van der Waals surface area contributed by atoms with Crippen LogP contribution in [-0.4, -0.2) is 50.4 Å². The van der Waals surface area contributed by atoms with E-state index in [1.165, 1.54) is 24.4 Å². The number of rotatable bonds is 5. The van der Waals surface area contributed by atoms with E-state index < -0.39 is 15.7 Å². The number of hydrogen-bond donors (Lipinski definition) is 2. The average molecular weight is 374 g/mol. The van der Waals surface area contributed by atoms with Crippen LogP contribution in [0.4, 0.5) is 5.82 Å². The lowest BCUT2D eigenvalue weighted by molar-refractivity contribution is 0.0997. The number of primary amides is 1. The number of piperidine rings is 1. The van der Waals surface area contributed by atoms with Crippen molar-refractivity contribution in [2.24, 2.45) is 5.73 Å². The highest BCUT2D eigenvalue weighted by molar-refractivity contribution is 7.91. The van der Waals surface area contributed by atoms with Crippen LogP contribution < -0.4 is 11.1 Å². The molecule has 1 aliphatic heterocycles. The van der Waals surface area contributed by atoms with Crippen LogP contribution in [-0.2, 0) is 9.84 Å². The fourth-order valence-corrected chi connectivity index (χ4v) is 4.43. The van der Waals surface area contributed by atoms with Gasteiger partial charge in [-0.3, -0.25) is 4.79 Å². The summed E-state index contributed by atoms with van der Waals surface area (Å²) in [5.74, 6) is -0.139. The molecule has 1 aromatic carbocycles. The van der Waals surface area contributed by atoms with E-state index in [0.29, 0.717) is 11.9 Å². The first-order chi connectivity index (χ1) is 12.4. The van der Waals surface area contributed by atoms with Crippen molar-refractivity contribution in [3.63, 3.8) is 0 Å². The fourth-order valence-electron chi connectivity index (χ4n) is 3.02. The third-order valence-corrected chi connectivity index (χ3v) is 6.36. The van der Waals surface area contributed by atoms with Gasteiger partial charge in [0.1, 0.15) is 5.82 Å². The molecule has 26 heavy (non-hydrogen) atoms. The SMILES string of the molecule is CN1CCC(Nc2ccc(S(=O)(=O)c3ccccc3C(N)=O)cn2)CC1. The van der Waals surface area contributed by atoms with Crippen LogP contribution in [0.15, 0.2) is 52.4 Å². The van der Waals surface area contributed by atoms with E-state index in [0.717, 1.165) is 25.9 Å². The number of nitrogens with two attached hydrogens (primary N) is 1. The molecule has 1 aromatic heterocycles. The lowest BCUT2D eigenvalue weighted by Crippen LogP contribution is -2.36. The number of nitrogens with one attached hydrogen (secondary N) is 1. The van der Waals surface area contributed by atoms with Crippen LogP contribution in [0, 0.1) is 0 Å². The number of benzene rings is 1. The van der Waals surface area contributed by atoms with E-state index in [-0.39, 0.29) is 15.4 Å². The molecule has 8 heteroatoms. The van der Waals surface area contributed by atoms with E-state index in [9.17, 15) is 13.2 Å². The maximum Gasteiger partial charge on any atom is 0.250 e. The van der Waals surface area contributed by atoms with Gasteiger partial charge in [0, 0.05) is 12.2 Å². The molecule has 3 rings (SSSR count). The van der Waals surface area contributed by atoms with Gasteiger partial charge in [0.2, 0.25) is 15.7 Å². The second-order valence-electron chi connectivity index (χ2n) is 6.46. The predicted octanol–water partition coefficient (Wildman–Crippen LogP) is 1.52. The zero-order chi connectivity index (χ0) is 18.7. The molecule has 0 aliphatic carbocycles. The van der Waals surface area contributed by atoms with Crippen molar-refractivity contribution in [2.45, 2.75) is 28.7 Å². The van der Waals surface area contributed by atoms with Gasteiger partial charge in [-0.1, -0.05) is 12.1 Å². The lowest BCUT2D eigenvalue weighted by Gasteiger charge is -2.29. The van der Waals surface area contributed by atoms with Crippen molar-refractivity contribution >= 4 is 21.6 Å². The smallest absolute Gasteiger partial charge is 0.250 e. The predicted molar refractivity (Wildman–Crippen MR) is 98.8 cm³/mol. The molecule has 1 aliphatic rings. The Bertz CT molecular complexity index is 889. The molecule has 0 saturated carbocycles. The quantitative estimate of drug-likeness (QED) is 0.822. The van der Waals surface area contributed by atoms with Crippen LogP contribution >= 0.6 is 0 Å². The highest BCUT2D eigenvalue weighted by Crippen LogP contribution is 2.24. The van der Waals surface area contributed by atoms with Gasteiger partial charge in [-0.25, -0.2) is 13.4 Å². The third-order valence-electron chi connectivity index (χ3n) is 4.56. The molecule has 0 atom stereocenters. The summed E-state index contributed by atoms with van der Waals surface area (Å²) in [6.07, 6.45) is 3.35. The van der Waals surface area contributed by atoms with Crippen LogP contribution in [0.5, 0.6) is 0 Å². The Hall–Kier alpha value is -2.45. The second kappa shape index (κ2) is 7.43. The van der Waals surface area contributed by atoms with Crippen molar-refractivity contribution in [3.8, 4) is 0 Å². The van der Waals surface area contributed by atoms with E-state index in [1.807, 2.05) is 0 Å². The summed E-state index contributed by atoms with van der Waals surface area (Å²) in [5.41, 5.74) is 5.27. The van der Waals surface area contributed by atoms with Gasteiger partial charge in [0.15, 0.2) is 0 Å². The molecule has 1 fully saturated rings. The molecule has 0 unspecified atom stereocenters. The summed E-state index contributed by atoms with van der Waals surface area (Å²) in [7, 11) is -1.77. The van der Waals surface area contributed by atoms with E-state index in [4.69, 9.17) is 5.73 Å². The first kappa shape index (κ1) is 18.3. The van der Waals surface area contributed by atoms with Crippen LogP contribution in [0.1, 0.15) is 23.2 Å². The minimum atomic E-state index is -3.87. The zero-order valence-electron chi connectivity index (χ0n) is 14.6. The summed E-state index contributed by atoms with van der Waals surface area (Å²) in [6, 6.07) is 9.39. The second-order valence-corrected chi connectivity index (χ2v) is 8.38. The number of sulfone groups is 1. The molecular formula is C18H22N4O3S. The fraction of sp³-hybridized carbons (Fsp3) is 0.333. The zero-order valence-corrected chi connectivity index (χ0v) is 15.4. The molecule has 7 nitrogen and oxygen atoms in total. The van der Waals surface area contributed by atoms with Gasteiger partial charge in [-0.15, -0.1) is 0 Å². The Morgan fingerprint density at radius 3 is 2.50 bits per heavy atom. The van der Waals surface area contributed by atoms with Crippen molar-refractivity contribution in [1.29, 1.82) is 0 Å². The van der Waals surface area contributed by atoms with Crippen molar-refractivity contribution in [1.82, 2.24) is 9.88 Å². The summed E-state index contributed by atoms with van der Waals surface area (Å²) in [5, 5.41) is 3.34. The Kier molecular flexibility index (Phi) is 5.24. The van der Waals surface area contributed by atoms with Gasteiger partial charge in [0.05, 0.1) is 15.4 Å². The van der Waals surface area contributed by atoms with E-state index in [1.54, 1.807) is 18.2 Å². The molecule has 1 saturated heterocycles. The first-order valence-corrected chi connectivity index (χ1v) is 9.91. The van der Waals surface area contributed by atoms with Crippen molar-refractivity contribution < 1.29 is 13.2 Å². The molecule has 1 amide bonds. The maximum atomic E-state index is 12.8. The number of nitrogens with zero attached hydrogens (tertiary/aromatic N) is 2. The van der Waals surface area contributed by atoms with Gasteiger partial charge in [-0.2, -0.15) is 0 Å². The Labute approximate surface area is 153 Å². The van der Waals surface area contributed by atoms with E-state index >= 15 is 0 Å². The molecule has 0 spiro atoms. The van der Waals surface area contributed by atoms with Crippen molar-refractivity contribution in [3.05, 3.63) is 48.2 Å². The first-order valence-electron chi connectivity index (χ1n) is 8.43. The summed E-state index contributed by atoms with van der Waals surface area (Å²) < 4.78 is 25.6. The maximum absolute atomic E-state index is 12.8. The Morgan fingerprint density at radius 1 is 1.19 bits per heavy atom. The Balaban J connectivity index is 1.81. The average Bonchev–Trinajstić information content (AvgIpc) is 2.64. The van der Waals surface area contributed by atoms with Gasteiger partial charge >= 0.3 is 0 Å². The minimum absolute atomic E-state index is 0.0268. The molecule has 2 aromatic rings. The lowest BCUT2D eigenvalue weighted by atomic mass is 10.1. The number of carbonyl (C=O) groups is 1. The molecular weight excluding hydrogens is 352 g/mol. The summed E-state index contributed by atoms with van der Waals surface area (Å²) in [6.45, 7) is 2.04. The van der Waals surface area contributed by atoms with Crippen LogP contribution in [0.3, 0.4) is 0 Å². The molecule has 138 valence electrons. The normalized spacial score (nSPS) is 16.3. The van der Waals surface area contributed by atoms with Crippen molar-refractivity contribution in [2.75, 3.05) is 25.5 Å². The standard InChI is InChI=1S/C18H22N4O3S/c1-22-10-8-13(9-11-22)21-17-7-6-14(12-20-17)26(24,25)16-5-3-2-4-15(16)18(19)23/h2-7,12-13H,8-11H2,1H3,(H2,19,23)(H,20,21). The molecule has 2 heterocycles. The van der Waals surface area contributed by atoms with E-state index in [2.05, 4.69) is 22.2 Å². The number of pyridine rings is 1. The number of likely N-dealkylation sites (tertiary alicyclic amines) is 1. The number of carbonyl (C=O) groups excluding carboxylic acids is 1. The van der Waals surface area contributed by atoms with Gasteiger partial charge in [-0.05, 0) is 57.2 Å². The number of hydrogen-bond acceptors (Lipinski definition) is 6. The molecule has 3 N–H and O–H groups in total. The molecule has 0 radical (unpaired) electrons. The highest BCUT2D eigenvalue weighted by Gasteiger charge is 2.24. The number of anilines is 1. The largest absolute Gasteiger partial charge is 0.367 e. The van der Waals surface area contributed by atoms with Crippen LogP contribution in [0.2, 0.25) is 0 Å². The third kappa shape index (κ3) is 3.86.